The molecule has 0 aliphatic carbocycles. The lowest BCUT2D eigenvalue weighted by molar-refractivity contribution is -0.119. The van der Waals surface area contributed by atoms with E-state index in [9.17, 15) is 9.59 Å². The van der Waals surface area contributed by atoms with Crippen LogP contribution in [0.2, 0.25) is 0 Å². The molecule has 1 fully saturated rings. The third kappa shape index (κ3) is 3.95. The molecule has 2 rings (SSSR count). The van der Waals surface area contributed by atoms with Crippen LogP contribution in [0.25, 0.3) is 0 Å². The molecule has 1 aliphatic rings. The van der Waals surface area contributed by atoms with Crippen LogP contribution in [0.1, 0.15) is 28.8 Å². The number of benzene rings is 1. The molecule has 1 heterocycles. The Kier molecular flexibility index (Phi) is 4.80. The Morgan fingerprint density at radius 2 is 2.00 bits per heavy atom. The van der Waals surface area contributed by atoms with Crippen LogP contribution in [-0.4, -0.2) is 42.4 Å². The normalized spacial score (nSPS) is 16.6. The number of nitrogen functional groups attached to an aromatic ring is 1. The summed E-state index contributed by atoms with van der Waals surface area (Å²) in [5, 5.41) is 3.03. The van der Waals surface area contributed by atoms with Gasteiger partial charge in [-0.1, -0.05) is 12.1 Å². The highest BCUT2D eigenvalue weighted by Gasteiger charge is 2.23. The van der Waals surface area contributed by atoms with Crippen LogP contribution in [0, 0.1) is 6.92 Å². The molecule has 5 N–H and O–H groups in total. The zero-order valence-electron chi connectivity index (χ0n) is 12.3. The molecule has 0 aromatic heterocycles. The van der Waals surface area contributed by atoms with Gasteiger partial charge in [-0.25, -0.2) is 0 Å². The highest BCUT2D eigenvalue weighted by Crippen LogP contribution is 2.17. The Bertz CT molecular complexity index is 516. The molecular formula is C15H22N4O2. The molecule has 1 saturated heterocycles. The predicted molar refractivity (Wildman–Crippen MR) is 81.7 cm³/mol. The van der Waals surface area contributed by atoms with E-state index in [2.05, 4.69) is 5.32 Å². The number of primary amides is 1. The number of carbonyl (C=O) groups excluding carboxylic acids is 2. The number of hydrogen-bond donors (Lipinski definition) is 3. The first kappa shape index (κ1) is 15.3. The Hall–Kier alpha value is -2.08. The molecular weight excluding hydrogens is 268 g/mol. The van der Waals surface area contributed by atoms with E-state index in [-0.39, 0.29) is 24.4 Å². The molecule has 0 radical (unpaired) electrons. The number of carbonyl (C=O) groups is 2. The fourth-order valence-corrected chi connectivity index (χ4v) is 2.71. The number of hydrogen-bond acceptors (Lipinski definition) is 4. The van der Waals surface area contributed by atoms with Gasteiger partial charge >= 0.3 is 0 Å². The minimum Gasteiger partial charge on any atom is -0.398 e. The molecule has 0 unspecified atom stereocenters. The second-order valence-corrected chi connectivity index (χ2v) is 5.53. The van der Waals surface area contributed by atoms with Crippen molar-refractivity contribution in [2.24, 2.45) is 5.73 Å². The summed E-state index contributed by atoms with van der Waals surface area (Å²) < 4.78 is 0. The molecule has 0 atom stereocenters. The van der Waals surface area contributed by atoms with E-state index in [0.29, 0.717) is 11.3 Å². The van der Waals surface area contributed by atoms with Gasteiger partial charge in [-0.2, -0.15) is 0 Å². The maximum atomic E-state index is 12.3. The largest absolute Gasteiger partial charge is 0.398 e. The van der Waals surface area contributed by atoms with Gasteiger partial charge in [0.05, 0.1) is 12.1 Å². The molecule has 6 nitrogen and oxygen atoms in total. The summed E-state index contributed by atoms with van der Waals surface area (Å²) in [4.78, 5) is 25.2. The van der Waals surface area contributed by atoms with Crippen LogP contribution in [-0.2, 0) is 4.79 Å². The van der Waals surface area contributed by atoms with Gasteiger partial charge in [0.2, 0.25) is 5.91 Å². The minimum atomic E-state index is -0.315. The molecule has 1 aliphatic heterocycles. The number of aryl methyl sites for hydroxylation is 1. The maximum Gasteiger partial charge on any atom is 0.253 e. The summed E-state index contributed by atoms with van der Waals surface area (Å²) >= 11 is 0. The summed E-state index contributed by atoms with van der Waals surface area (Å²) in [5.41, 5.74) is 13.0. The van der Waals surface area contributed by atoms with Crippen molar-refractivity contribution in [2.45, 2.75) is 25.8 Å². The van der Waals surface area contributed by atoms with Crippen LogP contribution in [0.3, 0.4) is 0 Å². The van der Waals surface area contributed by atoms with E-state index in [1.165, 1.54) is 0 Å². The Balaban J connectivity index is 1.92. The van der Waals surface area contributed by atoms with E-state index < -0.39 is 0 Å². The highest BCUT2D eigenvalue weighted by molar-refractivity contribution is 6.00. The summed E-state index contributed by atoms with van der Waals surface area (Å²) in [6.07, 6.45) is 1.62. The lowest BCUT2D eigenvalue weighted by Gasteiger charge is -2.31. The first-order valence-corrected chi connectivity index (χ1v) is 7.14. The molecule has 0 spiro atoms. The average molecular weight is 290 g/mol. The second kappa shape index (κ2) is 6.58. The molecule has 6 heteroatoms. The summed E-state index contributed by atoms with van der Waals surface area (Å²) in [6, 6.07) is 5.56. The number of nitrogens with two attached hydrogens (primary N) is 2. The molecule has 0 saturated carbocycles. The Labute approximate surface area is 124 Å². The smallest absolute Gasteiger partial charge is 0.253 e. The van der Waals surface area contributed by atoms with Crippen LogP contribution < -0.4 is 16.8 Å². The van der Waals surface area contributed by atoms with E-state index in [4.69, 9.17) is 11.5 Å². The standard InChI is InChI=1S/C15H22N4O2/c1-10-3-2-4-12(16)14(10)15(21)18-11-5-7-19(8-6-11)9-13(17)20/h2-4,11H,5-9,16H2,1H3,(H2,17,20)(H,18,21). The van der Waals surface area contributed by atoms with Crippen molar-refractivity contribution < 1.29 is 9.59 Å². The van der Waals surface area contributed by atoms with E-state index >= 15 is 0 Å². The monoisotopic (exact) mass is 290 g/mol. The summed E-state index contributed by atoms with van der Waals surface area (Å²) in [6.45, 7) is 3.68. The van der Waals surface area contributed by atoms with Crippen molar-refractivity contribution >= 4 is 17.5 Å². The average Bonchev–Trinajstić information content (AvgIpc) is 2.40. The number of nitrogens with one attached hydrogen (secondary N) is 1. The third-order valence-corrected chi connectivity index (χ3v) is 3.83. The molecule has 1 aromatic rings. The van der Waals surface area contributed by atoms with Gasteiger partial charge in [0.1, 0.15) is 0 Å². The zero-order valence-corrected chi connectivity index (χ0v) is 12.3. The molecule has 1 aromatic carbocycles. The Morgan fingerprint density at radius 3 is 2.57 bits per heavy atom. The van der Waals surface area contributed by atoms with Gasteiger partial charge in [0.25, 0.3) is 5.91 Å². The van der Waals surface area contributed by atoms with Gasteiger partial charge in [0.15, 0.2) is 0 Å². The quantitative estimate of drug-likeness (QED) is 0.692. The zero-order chi connectivity index (χ0) is 15.4. The van der Waals surface area contributed by atoms with Crippen molar-refractivity contribution in [3.05, 3.63) is 29.3 Å². The number of rotatable bonds is 4. The van der Waals surface area contributed by atoms with Crippen molar-refractivity contribution in [1.82, 2.24) is 10.2 Å². The molecule has 2 amide bonds. The Morgan fingerprint density at radius 1 is 1.33 bits per heavy atom. The van der Waals surface area contributed by atoms with Crippen LogP contribution in [0.5, 0.6) is 0 Å². The SMILES string of the molecule is Cc1cccc(N)c1C(=O)NC1CCN(CC(N)=O)CC1. The van der Waals surface area contributed by atoms with Gasteiger partial charge in [-0.15, -0.1) is 0 Å². The number of anilines is 1. The van der Waals surface area contributed by atoms with Crippen LogP contribution in [0.4, 0.5) is 5.69 Å². The molecule has 114 valence electrons. The highest BCUT2D eigenvalue weighted by atomic mass is 16.2. The lowest BCUT2D eigenvalue weighted by Crippen LogP contribution is -2.46. The van der Waals surface area contributed by atoms with Crippen molar-refractivity contribution in [1.29, 1.82) is 0 Å². The van der Waals surface area contributed by atoms with Gasteiger partial charge in [-0.3, -0.25) is 14.5 Å². The maximum absolute atomic E-state index is 12.3. The first-order chi connectivity index (χ1) is 9.97. The number of amides is 2. The summed E-state index contributed by atoms with van der Waals surface area (Å²) in [5.74, 6) is -0.441. The third-order valence-electron chi connectivity index (χ3n) is 3.83. The fraction of sp³-hybridized carbons (Fsp3) is 0.467. The van der Waals surface area contributed by atoms with Gasteiger partial charge in [0, 0.05) is 24.8 Å². The van der Waals surface area contributed by atoms with E-state index in [0.717, 1.165) is 31.5 Å². The first-order valence-electron chi connectivity index (χ1n) is 7.14. The van der Waals surface area contributed by atoms with Crippen LogP contribution in [0.15, 0.2) is 18.2 Å². The summed E-state index contributed by atoms with van der Waals surface area (Å²) in [7, 11) is 0. The van der Waals surface area contributed by atoms with Crippen molar-refractivity contribution in [3.63, 3.8) is 0 Å². The topological polar surface area (TPSA) is 101 Å². The number of piperidine rings is 1. The molecule has 21 heavy (non-hydrogen) atoms. The minimum absolute atomic E-state index is 0.112. The van der Waals surface area contributed by atoms with Gasteiger partial charge < -0.3 is 16.8 Å². The van der Waals surface area contributed by atoms with E-state index in [1.54, 1.807) is 6.07 Å². The van der Waals surface area contributed by atoms with Crippen molar-refractivity contribution in [2.75, 3.05) is 25.4 Å². The van der Waals surface area contributed by atoms with Crippen molar-refractivity contribution in [3.8, 4) is 0 Å². The lowest BCUT2D eigenvalue weighted by atomic mass is 10.0. The van der Waals surface area contributed by atoms with Gasteiger partial charge in [-0.05, 0) is 31.4 Å². The fourth-order valence-electron chi connectivity index (χ4n) is 2.71. The second-order valence-electron chi connectivity index (χ2n) is 5.53. The number of likely N-dealkylation sites (tertiary alicyclic amines) is 1. The van der Waals surface area contributed by atoms with Crippen LogP contribution >= 0.6 is 0 Å². The number of nitrogens with zero attached hydrogens (tertiary/aromatic N) is 1. The predicted octanol–water partition coefficient (Wildman–Crippen LogP) is 0.257. The van der Waals surface area contributed by atoms with E-state index in [1.807, 2.05) is 24.0 Å². The molecule has 0 bridgehead atoms.